The van der Waals surface area contributed by atoms with Crippen LogP contribution in [0.25, 0.3) is 0 Å². The molecule has 2 saturated heterocycles. The molecule has 4 rings (SSSR count). The summed E-state index contributed by atoms with van der Waals surface area (Å²) < 4.78 is 23.4. The van der Waals surface area contributed by atoms with Crippen molar-refractivity contribution in [2.24, 2.45) is 5.92 Å². The van der Waals surface area contributed by atoms with Crippen LogP contribution in [0.1, 0.15) is 39.9 Å². The van der Waals surface area contributed by atoms with Crippen LogP contribution in [0.4, 0.5) is 0 Å². The van der Waals surface area contributed by atoms with Crippen molar-refractivity contribution in [1.29, 1.82) is 0 Å². The second-order valence-corrected chi connectivity index (χ2v) is 11.3. The number of hydrogen-bond donors (Lipinski definition) is 1. The number of aryl methyl sites for hydroxylation is 1. The molecule has 1 aromatic heterocycles. The summed E-state index contributed by atoms with van der Waals surface area (Å²) >= 11 is 1.69. The molecule has 1 aliphatic carbocycles. The summed E-state index contributed by atoms with van der Waals surface area (Å²) in [5.41, 5.74) is 1.38. The van der Waals surface area contributed by atoms with Gasteiger partial charge in [-0.25, -0.2) is 8.42 Å². The standard InChI is InChI=1S/C18H26N2O3S2/c1-13-2-3-16-14(10-13)11-17(24-16)18(21)20-7-5-19(6-8-20)15-4-9-25(22,23)12-15/h11,13,15H,2-10,12H2,1H3/p+1/t13-,15+/m1/s1. The quantitative estimate of drug-likeness (QED) is 0.804. The van der Waals surface area contributed by atoms with Gasteiger partial charge in [-0.15, -0.1) is 11.3 Å². The molecule has 0 saturated carbocycles. The first kappa shape index (κ1) is 17.5. The Labute approximate surface area is 153 Å². The molecule has 3 aliphatic rings. The van der Waals surface area contributed by atoms with Crippen molar-refractivity contribution in [3.8, 4) is 0 Å². The fourth-order valence-corrected chi connectivity index (χ4v) is 7.49. The smallest absolute Gasteiger partial charge is 0.264 e. The summed E-state index contributed by atoms with van der Waals surface area (Å²) in [6, 6.07) is 2.36. The molecule has 0 bridgehead atoms. The first-order valence-corrected chi connectivity index (χ1v) is 12.0. The van der Waals surface area contributed by atoms with Gasteiger partial charge in [0.2, 0.25) is 0 Å². The minimum absolute atomic E-state index is 0.171. The minimum atomic E-state index is -2.82. The van der Waals surface area contributed by atoms with E-state index in [1.165, 1.54) is 21.8 Å². The Kier molecular flexibility index (Phi) is 4.67. The number of amides is 1. The molecular formula is C18H27N2O3S2+. The highest BCUT2D eigenvalue weighted by atomic mass is 32.2. The lowest BCUT2D eigenvalue weighted by atomic mass is 9.90. The third kappa shape index (κ3) is 3.64. The summed E-state index contributed by atoms with van der Waals surface area (Å²) in [5.74, 6) is 1.56. The zero-order valence-corrected chi connectivity index (χ0v) is 16.4. The lowest BCUT2D eigenvalue weighted by molar-refractivity contribution is -0.925. The predicted molar refractivity (Wildman–Crippen MR) is 99.2 cm³/mol. The van der Waals surface area contributed by atoms with Crippen molar-refractivity contribution >= 4 is 27.1 Å². The molecule has 1 amide bonds. The zero-order valence-electron chi connectivity index (χ0n) is 14.8. The van der Waals surface area contributed by atoms with E-state index in [9.17, 15) is 13.2 Å². The van der Waals surface area contributed by atoms with Gasteiger partial charge >= 0.3 is 0 Å². The lowest BCUT2D eigenvalue weighted by Gasteiger charge is -2.34. The molecule has 3 heterocycles. The Hall–Kier alpha value is -0.920. The number of rotatable bonds is 2. The number of nitrogens with zero attached hydrogens (tertiary/aromatic N) is 1. The summed E-state index contributed by atoms with van der Waals surface area (Å²) in [6.07, 6.45) is 4.23. The summed E-state index contributed by atoms with van der Waals surface area (Å²) in [4.78, 5) is 18.5. The van der Waals surface area contributed by atoms with Crippen LogP contribution in [0.2, 0.25) is 0 Å². The van der Waals surface area contributed by atoms with Crippen molar-refractivity contribution in [1.82, 2.24) is 4.90 Å². The molecule has 2 fully saturated rings. The van der Waals surface area contributed by atoms with Crippen LogP contribution in [-0.4, -0.2) is 63.0 Å². The minimum Gasteiger partial charge on any atom is -0.329 e. The maximum atomic E-state index is 12.9. The normalized spacial score (nSPS) is 29.6. The molecule has 138 valence electrons. The van der Waals surface area contributed by atoms with Crippen molar-refractivity contribution < 1.29 is 18.1 Å². The fraction of sp³-hybridized carbons (Fsp3) is 0.722. The van der Waals surface area contributed by atoms with Gasteiger partial charge in [0.25, 0.3) is 5.91 Å². The van der Waals surface area contributed by atoms with E-state index in [1.807, 2.05) is 4.90 Å². The number of fused-ring (bicyclic) bond motifs is 1. The Balaban J connectivity index is 1.37. The molecule has 0 aromatic carbocycles. The Morgan fingerprint density at radius 3 is 2.72 bits per heavy atom. The van der Waals surface area contributed by atoms with Crippen molar-refractivity contribution in [2.45, 2.75) is 38.6 Å². The van der Waals surface area contributed by atoms with Crippen LogP contribution in [0.15, 0.2) is 6.07 Å². The SMILES string of the molecule is C[C@@H]1CCc2sc(C(=O)N3CC[NH+]([C@H]4CCS(=O)(=O)C4)CC3)cc2C1. The summed E-state index contributed by atoms with van der Waals surface area (Å²) in [5, 5.41) is 0. The summed E-state index contributed by atoms with van der Waals surface area (Å²) in [7, 11) is -2.82. The van der Waals surface area contributed by atoms with E-state index in [1.54, 1.807) is 11.3 Å². The molecule has 0 radical (unpaired) electrons. The molecule has 0 unspecified atom stereocenters. The van der Waals surface area contributed by atoms with Gasteiger partial charge in [0.15, 0.2) is 9.84 Å². The van der Waals surface area contributed by atoms with Gasteiger partial charge in [-0.3, -0.25) is 4.79 Å². The van der Waals surface area contributed by atoms with E-state index in [-0.39, 0.29) is 11.9 Å². The first-order valence-electron chi connectivity index (χ1n) is 9.37. The number of carbonyl (C=O) groups excluding carboxylic acids is 1. The zero-order chi connectivity index (χ0) is 17.6. The van der Waals surface area contributed by atoms with Gasteiger partial charge in [-0.05, 0) is 36.8 Å². The van der Waals surface area contributed by atoms with Crippen molar-refractivity contribution in [3.05, 3.63) is 21.4 Å². The van der Waals surface area contributed by atoms with Gasteiger partial charge in [0.1, 0.15) is 11.8 Å². The van der Waals surface area contributed by atoms with E-state index in [0.29, 0.717) is 11.5 Å². The number of carbonyl (C=O) groups is 1. The van der Waals surface area contributed by atoms with Crippen LogP contribution in [0, 0.1) is 5.92 Å². The van der Waals surface area contributed by atoms with E-state index in [4.69, 9.17) is 0 Å². The predicted octanol–water partition coefficient (Wildman–Crippen LogP) is 0.401. The molecular weight excluding hydrogens is 356 g/mol. The van der Waals surface area contributed by atoms with Crippen LogP contribution in [0.5, 0.6) is 0 Å². The average molecular weight is 384 g/mol. The monoisotopic (exact) mass is 383 g/mol. The van der Waals surface area contributed by atoms with Crippen LogP contribution in [-0.2, 0) is 22.7 Å². The number of piperazine rings is 1. The Bertz CT molecular complexity index is 763. The number of sulfone groups is 1. The fourth-order valence-electron chi connectivity index (χ4n) is 4.49. The number of nitrogens with one attached hydrogen (secondary N) is 1. The third-order valence-corrected chi connectivity index (χ3v) is 9.04. The van der Waals surface area contributed by atoms with Gasteiger partial charge in [-0.2, -0.15) is 0 Å². The van der Waals surface area contributed by atoms with E-state index in [0.717, 1.165) is 56.2 Å². The largest absolute Gasteiger partial charge is 0.329 e. The second-order valence-electron chi connectivity index (χ2n) is 7.96. The van der Waals surface area contributed by atoms with E-state index >= 15 is 0 Å². The van der Waals surface area contributed by atoms with Crippen LogP contribution in [0.3, 0.4) is 0 Å². The van der Waals surface area contributed by atoms with Crippen molar-refractivity contribution in [2.75, 3.05) is 37.7 Å². The Morgan fingerprint density at radius 1 is 1.28 bits per heavy atom. The summed E-state index contributed by atoms with van der Waals surface area (Å²) in [6.45, 7) is 5.50. The molecule has 2 aliphatic heterocycles. The molecule has 7 heteroatoms. The highest BCUT2D eigenvalue weighted by molar-refractivity contribution is 7.91. The van der Waals surface area contributed by atoms with E-state index in [2.05, 4.69) is 13.0 Å². The topological polar surface area (TPSA) is 58.9 Å². The highest BCUT2D eigenvalue weighted by Gasteiger charge is 2.37. The maximum absolute atomic E-state index is 12.9. The molecule has 0 spiro atoms. The Morgan fingerprint density at radius 2 is 2.04 bits per heavy atom. The maximum Gasteiger partial charge on any atom is 0.264 e. The molecule has 1 aromatic rings. The van der Waals surface area contributed by atoms with Crippen LogP contribution >= 0.6 is 11.3 Å². The van der Waals surface area contributed by atoms with Gasteiger partial charge in [-0.1, -0.05) is 6.92 Å². The first-order chi connectivity index (χ1) is 11.9. The average Bonchev–Trinajstić information content (AvgIpc) is 3.17. The molecule has 5 nitrogen and oxygen atoms in total. The van der Waals surface area contributed by atoms with Crippen molar-refractivity contribution in [3.63, 3.8) is 0 Å². The third-order valence-electron chi connectivity index (χ3n) is 6.04. The second kappa shape index (κ2) is 6.67. The van der Waals surface area contributed by atoms with E-state index < -0.39 is 9.84 Å². The molecule has 25 heavy (non-hydrogen) atoms. The van der Waals surface area contributed by atoms with Gasteiger partial charge in [0.05, 0.1) is 36.8 Å². The van der Waals surface area contributed by atoms with Gasteiger partial charge in [0, 0.05) is 11.3 Å². The van der Waals surface area contributed by atoms with Crippen LogP contribution < -0.4 is 4.90 Å². The molecule has 1 N–H and O–H groups in total. The lowest BCUT2D eigenvalue weighted by Crippen LogP contribution is -3.18. The number of quaternary nitrogens is 1. The van der Waals surface area contributed by atoms with Gasteiger partial charge < -0.3 is 9.80 Å². The highest BCUT2D eigenvalue weighted by Crippen LogP contribution is 2.32. The molecule has 2 atom stereocenters. The number of hydrogen-bond acceptors (Lipinski definition) is 4. The number of thiophene rings is 1.